The van der Waals surface area contributed by atoms with E-state index in [9.17, 15) is 9.90 Å². The Morgan fingerprint density at radius 2 is 1.86 bits per heavy atom. The number of nitrogens with one attached hydrogen (secondary N) is 3. The minimum Gasteiger partial charge on any atom is -0.384 e. The number of amides is 1. The summed E-state index contributed by atoms with van der Waals surface area (Å²) >= 11 is 0. The molecule has 3 aromatic heterocycles. The molecule has 12 heteroatoms. The highest BCUT2D eigenvalue weighted by molar-refractivity contribution is 6.04. The summed E-state index contributed by atoms with van der Waals surface area (Å²) in [5.41, 5.74) is 2.90. The number of hydrogen-bond donors (Lipinski definition) is 4. The first-order valence-corrected chi connectivity index (χ1v) is 14.0. The van der Waals surface area contributed by atoms with Crippen LogP contribution in [-0.2, 0) is 10.3 Å². The molecule has 1 saturated heterocycles. The number of morpholine rings is 1. The summed E-state index contributed by atoms with van der Waals surface area (Å²) in [6, 6.07) is 12.7. The van der Waals surface area contributed by atoms with Crippen molar-refractivity contribution >= 4 is 28.9 Å². The fourth-order valence-electron chi connectivity index (χ4n) is 4.57. The number of ether oxygens (including phenoxy) is 1. The summed E-state index contributed by atoms with van der Waals surface area (Å²) in [6.45, 7) is 12.3. The van der Waals surface area contributed by atoms with Crippen LogP contribution in [0.15, 0.2) is 55.0 Å². The van der Waals surface area contributed by atoms with Gasteiger partial charge in [-0.3, -0.25) is 14.7 Å². The summed E-state index contributed by atoms with van der Waals surface area (Å²) in [7, 11) is 0. The zero-order valence-electron chi connectivity index (χ0n) is 24.4. The van der Waals surface area contributed by atoms with Gasteiger partial charge in [0.2, 0.25) is 0 Å². The quantitative estimate of drug-likeness (QED) is 0.223. The molecule has 1 fully saturated rings. The number of aromatic nitrogens is 5. The molecule has 1 aliphatic heterocycles. The molecule has 1 amide bonds. The van der Waals surface area contributed by atoms with Gasteiger partial charge in [0.1, 0.15) is 23.6 Å². The van der Waals surface area contributed by atoms with Gasteiger partial charge >= 0.3 is 0 Å². The summed E-state index contributed by atoms with van der Waals surface area (Å²) in [5.74, 6) is 1.77. The number of nitrogens with zero attached hydrogens (tertiary/aromatic N) is 6. The molecule has 0 bridgehead atoms. The Kier molecular flexibility index (Phi) is 8.76. The average molecular weight is 572 g/mol. The van der Waals surface area contributed by atoms with Crippen molar-refractivity contribution in [1.82, 2.24) is 29.6 Å². The van der Waals surface area contributed by atoms with Crippen molar-refractivity contribution in [3.05, 3.63) is 77.5 Å². The second-order valence-corrected chi connectivity index (χ2v) is 10.8. The van der Waals surface area contributed by atoms with Crippen LogP contribution in [0.4, 0.5) is 23.0 Å². The minimum atomic E-state index is -1.15. The number of pyridine rings is 1. The Morgan fingerprint density at radius 3 is 2.64 bits per heavy atom. The third kappa shape index (κ3) is 7.27. The zero-order chi connectivity index (χ0) is 29.7. The first-order valence-electron chi connectivity index (χ1n) is 14.0. The molecule has 0 unspecified atom stereocenters. The van der Waals surface area contributed by atoms with Crippen LogP contribution >= 0.6 is 0 Å². The van der Waals surface area contributed by atoms with Crippen molar-refractivity contribution in [1.29, 1.82) is 0 Å². The Bertz CT molecular complexity index is 1540. The smallest absolute Gasteiger partial charge is 0.255 e. The van der Waals surface area contributed by atoms with Gasteiger partial charge in [0, 0.05) is 61.4 Å². The molecule has 4 heterocycles. The standard InChI is InChI=1S/C30H37N9O3/c1-20-5-6-23(35-29(40)22-7-8-31-25(16-22)30(3,4)41)17-24(20)36-28-15-21(2)37-39(28)27-18-26(33-19-34-27)32-9-10-38-11-13-42-14-12-38/h5-8,15-19,36,41H,9-14H2,1-4H3,(H,35,40)(H,32,33,34). The number of anilines is 4. The Labute approximate surface area is 245 Å². The topological polar surface area (TPSA) is 142 Å². The predicted molar refractivity (Wildman–Crippen MR) is 162 cm³/mol. The second kappa shape index (κ2) is 12.6. The zero-order valence-corrected chi connectivity index (χ0v) is 24.4. The Morgan fingerprint density at radius 1 is 1.05 bits per heavy atom. The SMILES string of the molecule is Cc1cc(Nc2cc(NC(=O)c3ccnc(C(C)(C)O)c3)ccc2C)n(-c2cc(NCCN3CCOCC3)ncn2)n1. The lowest BCUT2D eigenvalue weighted by atomic mass is 10.0. The molecule has 0 atom stereocenters. The molecule has 4 aromatic rings. The van der Waals surface area contributed by atoms with E-state index in [1.807, 2.05) is 44.2 Å². The molecule has 12 nitrogen and oxygen atoms in total. The summed E-state index contributed by atoms with van der Waals surface area (Å²) in [6.07, 6.45) is 3.04. The number of benzene rings is 1. The van der Waals surface area contributed by atoms with Crippen LogP contribution in [0.25, 0.3) is 5.82 Å². The van der Waals surface area contributed by atoms with E-state index in [0.29, 0.717) is 22.8 Å². The van der Waals surface area contributed by atoms with Gasteiger partial charge in [-0.2, -0.15) is 9.78 Å². The average Bonchev–Trinajstić information content (AvgIpc) is 3.35. The van der Waals surface area contributed by atoms with Gasteiger partial charge in [0.15, 0.2) is 5.82 Å². The second-order valence-electron chi connectivity index (χ2n) is 10.8. The number of carbonyl (C=O) groups is 1. The molecule has 42 heavy (non-hydrogen) atoms. The van der Waals surface area contributed by atoms with E-state index < -0.39 is 5.60 Å². The lowest BCUT2D eigenvalue weighted by molar-refractivity contribution is 0.0398. The predicted octanol–water partition coefficient (Wildman–Crippen LogP) is 3.64. The van der Waals surface area contributed by atoms with E-state index in [1.54, 1.807) is 30.7 Å². The van der Waals surface area contributed by atoms with Crippen LogP contribution in [0.2, 0.25) is 0 Å². The fourth-order valence-corrected chi connectivity index (χ4v) is 4.57. The van der Waals surface area contributed by atoms with Gasteiger partial charge in [-0.15, -0.1) is 0 Å². The van der Waals surface area contributed by atoms with E-state index >= 15 is 0 Å². The lowest BCUT2D eigenvalue weighted by Crippen LogP contribution is -2.39. The van der Waals surface area contributed by atoms with Crippen molar-refractivity contribution < 1.29 is 14.6 Å². The van der Waals surface area contributed by atoms with Gasteiger partial charge in [0.05, 0.1) is 24.6 Å². The molecule has 0 saturated carbocycles. The van der Waals surface area contributed by atoms with Crippen LogP contribution in [0.5, 0.6) is 0 Å². The van der Waals surface area contributed by atoms with Crippen molar-refractivity contribution in [3.8, 4) is 5.82 Å². The molecule has 1 aromatic carbocycles. The molecule has 1 aliphatic rings. The fraction of sp³-hybridized carbons (Fsp3) is 0.367. The van der Waals surface area contributed by atoms with Crippen molar-refractivity contribution in [2.24, 2.45) is 0 Å². The number of carbonyl (C=O) groups excluding carboxylic acids is 1. The summed E-state index contributed by atoms with van der Waals surface area (Å²) in [5, 5.41) is 24.7. The third-order valence-electron chi connectivity index (χ3n) is 6.95. The van der Waals surface area contributed by atoms with Gasteiger partial charge in [-0.1, -0.05) is 6.07 Å². The number of aryl methyl sites for hydroxylation is 2. The first kappa shape index (κ1) is 29.1. The molecular formula is C30H37N9O3. The lowest BCUT2D eigenvalue weighted by Gasteiger charge is -2.26. The molecule has 5 rings (SSSR count). The highest BCUT2D eigenvalue weighted by atomic mass is 16.5. The van der Waals surface area contributed by atoms with E-state index in [2.05, 4.69) is 40.9 Å². The van der Waals surface area contributed by atoms with Crippen molar-refractivity contribution in [2.45, 2.75) is 33.3 Å². The van der Waals surface area contributed by atoms with Crippen LogP contribution in [0.1, 0.15) is 41.2 Å². The maximum absolute atomic E-state index is 13.0. The molecule has 0 aliphatic carbocycles. The normalized spacial score (nSPS) is 14.0. The molecule has 220 valence electrons. The van der Waals surface area contributed by atoms with Gasteiger partial charge in [0.25, 0.3) is 5.91 Å². The highest BCUT2D eigenvalue weighted by Gasteiger charge is 2.20. The Hall–Kier alpha value is -4.39. The molecule has 0 radical (unpaired) electrons. The van der Waals surface area contributed by atoms with Crippen LogP contribution < -0.4 is 16.0 Å². The monoisotopic (exact) mass is 571 g/mol. The van der Waals surface area contributed by atoms with Gasteiger partial charge in [-0.25, -0.2) is 9.97 Å². The largest absolute Gasteiger partial charge is 0.384 e. The van der Waals surface area contributed by atoms with E-state index in [1.165, 1.54) is 12.5 Å². The number of aliphatic hydroxyl groups is 1. The van der Waals surface area contributed by atoms with Crippen LogP contribution in [0.3, 0.4) is 0 Å². The van der Waals surface area contributed by atoms with E-state index in [0.717, 1.165) is 68.0 Å². The maximum atomic E-state index is 13.0. The summed E-state index contributed by atoms with van der Waals surface area (Å²) < 4.78 is 7.16. The van der Waals surface area contributed by atoms with Gasteiger partial charge in [-0.05, 0) is 57.5 Å². The van der Waals surface area contributed by atoms with E-state index in [4.69, 9.17) is 4.74 Å². The van der Waals surface area contributed by atoms with Crippen molar-refractivity contribution in [2.75, 3.05) is 55.3 Å². The molecule has 4 N–H and O–H groups in total. The van der Waals surface area contributed by atoms with Crippen LogP contribution in [-0.4, -0.2) is 80.0 Å². The molecular weight excluding hydrogens is 534 g/mol. The highest BCUT2D eigenvalue weighted by Crippen LogP contribution is 2.27. The maximum Gasteiger partial charge on any atom is 0.255 e. The Balaban J connectivity index is 1.30. The van der Waals surface area contributed by atoms with E-state index in [-0.39, 0.29) is 5.91 Å². The summed E-state index contributed by atoms with van der Waals surface area (Å²) in [4.78, 5) is 28.4. The first-order chi connectivity index (χ1) is 20.2. The van der Waals surface area contributed by atoms with Crippen molar-refractivity contribution in [3.63, 3.8) is 0 Å². The molecule has 0 spiro atoms. The minimum absolute atomic E-state index is 0.298. The van der Waals surface area contributed by atoms with Gasteiger partial charge < -0.3 is 25.8 Å². The van der Waals surface area contributed by atoms with Crippen LogP contribution in [0, 0.1) is 13.8 Å². The number of rotatable bonds is 10. The third-order valence-corrected chi connectivity index (χ3v) is 6.95. The number of hydrogen-bond acceptors (Lipinski definition) is 10.